The summed E-state index contributed by atoms with van der Waals surface area (Å²) in [4.78, 5) is 4.78. The predicted octanol–water partition coefficient (Wildman–Crippen LogP) is 5.15. The zero-order valence-electron chi connectivity index (χ0n) is 15.1. The van der Waals surface area contributed by atoms with Crippen molar-refractivity contribution in [3.05, 3.63) is 89.8 Å². The maximum Gasteiger partial charge on any atom is 0.261 e. The van der Waals surface area contributed by atoms with Gasteiger partial charge >= 0.3 is 0 Å². The first kappa shape index (κ1) is 18.9. The number of anilines is 1. The number of aromatic nitrogens is 1. The van der Waals surface area contributed by atoms with Crippen molar-refractivity contribution in [2.24, 2.45) is 0 Å². The third-order valence-corrected chi connectivity index (χ3v) is 6.54. The highest BCUT2D eigenvalue weighted by atomic mass is 32.2. The second kappa shape index (κ2) is 7.87. The summed E-state index contributed by atoms with van der Waals surface area (Å²) < 4.78 is 27.6. The number of hydrogen-bond acceptors (Lipinski definition) is 5. The average molecular weight is 418 g/mol. The highest BCUT2D eigenvalue weighted by molar-refractivity contribution is 7.92. The van der Waals surface area contributed by atoms with Crippen molar-refractivity contribution in [2.75, 3.05) is 4.72 Å². The molecule has 0 saturated heterocycles. The van der Waals surface area contributed by atoms with Crippen LogP contribution in [0.1, 0.15) is 5.56 Å². The average Bonchev–Trinajstić information content (AvgIpc) is 3.25. The monoisotopic (exact) mass is 417 g/mol. The molecule has 1 N–H and O–H groups in total. The molecule has 0 amide bonds. The smallest absolute Gasteiger partial charge is 0.261 e. The van der Waals surface area contributed by atoms with Gasteiger partial charge in [0.2, 0.25) is 0 Å². The molecule has 0 spiro atoms. The van der Waals surface area contributed by atoms with Gasteiger partial charge in [0.15, 0.2) is 0 Å². The molecule has 0 unspecified atom stereocenters. The second-order valence-corrected chi connectivity index (χ2v) is 8.76. The van der Waals surface area contributed by atoms with Gasteiger partial charge in [-0.05, 0) is 36.4 Å². The van der Waals surface area contributed by atoms with Gasteiger partial charge in [0.1, 0.15) is 5.01 Å². The normalized spacial score (nSPS) is 11.0. The molecule has 142 valence electrons. The van der Waals surface area contributed by atoms with Gasteiger partial charge in [0, 0.05) is 22.2 Å². The number of sulfonamides is 1. The zero-order valence-corrected chi connectivity index (χ0v) is 16.7. The van der Waals surface area contributed by atoms with Crippen molar-refractivity contribution in [1.82, 2.24) is 4.98 Å². The largest absolute Gasteiger partial charge is 0.280 e. The SMILES string of the molecule is N#Cc1ccc(S(=O)(=O)Nc2ccc(-c3csc(-c4ccccc4)n3)cc2)cc1. The van der Waals surface area contributed by atoms with Crippen LogP contribution >= 0.6 is 11.3 Å². The third-order valence-electron chi connectivity index (χ3n) is 4.25. The van der Waals surface area contributed by atoms with E-state index < -0.39 is 10.0 Å². The third kappa shape index (κ3) is 4.19. The van der Waals surface area contributed by atoms with Gasteiger partial charge < -0.3 is 0 Å². The van der Waals surface area contributed by atoms with E-state index in [2.05, 4.69) is 9.71 Å². The Bertz CT molecular complexity index is 1270. The summed E-state index contributed by atoms with van der Waals surface area (Å²) in [5.41, 5.74) is 3.68. The summed E-state index contributed by atoms with van der Waals surface area (Å²) in [6.07, 6.45) is 0. The van der Waals surface area contributed by atoms with E-state index in [9.17, 15) is 8.42 Å². The molecule has 0 radical (unpaired) electrons. The molecule has 0 aliphatic rings. The lowest BCUT2D eigenvalue weighted by molar-refractivity contribution is 0.601. The summed E-state index contributed by atoms with van der Waals surface area (Å²) in [5, 5.41) is 11.8. The number of nitriles is 1. The first-order chi connectivity index (χ1) is 14.0. The number of rotatable bonds is 5. The van der Waals surface area contributed by atoms with Crippen LogP contribution in [-0.2, 0) is 10.0 Å². The van der Waals surface area contributed by atoms with Crippen molar-refractivity contribution in [3.63, 3.8) is 0 Å². The molecule has 29 heavy (non-hydrogen) atoms. The van der Waals surface area contributed by atoms with Crippen molar-refractivity contribution >= 4 is 27.0 Å². The van der Waals surface area contributed by atoms with E-state index in [4.69, 9.17) is 5.26 Å². The number of thiazole rings is 1. The Morgan fingerprint density at radius 3 is 2.21 bits per heavy atom. The minimum atomic E-state index is -3.72. The topological polar surface area (TPSA) is 82.8 Å². The fraction of sp³-hybridized carbons (Fsp3) is 0. The van der Waals surface area contributed by atoms with Crippen molar-refractivity contribution in [3.8, 4) is 27.9 Å². The Morgan fingerprint density at radius 1 is 0.862 bits per heavy atom. The van der Waals surface area contributed by atoms with E-state index in [-0.39, 0.29) is 4.90 Å². The van der Waals surface area contributed by atoms with Crippen LogP contribution in [-0.4, -0.2) is 13.4 Å². The molecular weight excluding hydrogens is 402 g/mol. The Balaban J connectivity index is 1.52. The lowest BCUT2D eigenvalue weighted by Crippen LogP contribution is -2.12. The molecule has 3 aromatic carbocycles. The van der Waals surface area contributed by atoms with Crippen molar-refractivity contribution in [2.45, 2.75) is 4.90 Å². The second-order valence-electron chi connectivity index (χ2n) is 6.22. The fourth-order valence-electron chi connectivity index (χ4n) is 2.75. The van der Waals surface area contributed by atoms with Gasteiger partial charge in [0.05, 0.1) is 22.2 Å². The number of nitrogens with one attached hydrogen (secondary N) is 1. The summed E-state index contributed by atoms with van der Waals surface area (Å²) in [6.45, 7) is 0. The summed E-state index contributed by atoms with van der Waals surface area (Å²) in [6, 6.07) is 24.8. The first-order valence-corrected chi connectivity index (χ1v) is 11.1. The molecule has 5 nitrogen and oxygen atoms in total. The molecule has 0 atom stereocenters. The van der Waals surface area contributed by atoms with E-state index >= 15 is 0 Å². The fourth-order valence-corrected chi connectivity index (χ4v) is 4.65. The summed E-state index contributed by atoms with van der Waals surface area (Å²) >= 11 is 1.57. The van der Waals surface area contributed by atoms with Crippen LogP contribution in [0.5, 0.6) is 0 Å². The van der Waals surface area contributed by atoms with Crippen LogP contribution in [0.2, 0.25) is 0 Å². The van der Waals surface area contributed by atoms with E-state index in [0.717, 1.165) is 21.8 Å². The molecule has 1 heterocycles. The number of nitrogens with zero attached hydrogens (tertiary/aromatic N) is 2. The quantitative estimate of drug-likeness (QED) is 0.487. The molecule has 4 aromatic rings. The summed E-state index contributed by atoms with van der Waals surface area (Å²) in [7, 11) is -3.72. The highest BCUT2D eigenvalue weighted by Gasteiger charge is 2.14. The van der Waals surface area contributed by atoms with Gasteiger partial charge in [-0.2, -0.15) is 5.26 Å². The van der Waals surface area contributed by atoms with Crippen molar-refractivity contribution in [1.29, 1.82) is 5.26 Å². The van der Waals surface area contributed by atoms with Crippen LogP contribution in [0.4, 0.5) is 5.69 Å². The molecule has 4 rings (SSSR count). The molecule has 0 bridgehead atoms. The molecule has 0 aliphatic heterocycles. The molecule has 0 fully saturated rings. The van der Waals surface area contributed by atoms with E-state index in [0.29, 0.717) is 11.3 Å². The molecule has 0 aliphatic carbocycles. The van der Waals surface area contributed by atoms with Crippen LogP contribution in [0, 0.1) is 11.3 Å². The molecule has 0 saturated carbocycles. The number of hydrogen-bond donors (Lipinski definition) is 1. The highest BCUT2D eigenvalue weighted by Crippen LogP contribution is 2.29. The lowest BCUT2D eigenvalue weighted by Gasteiger charge is -2.08. The maximum atomic E-state index is 12.5. The standard InChI is InChI=1S/C22H15N3O2S2/c23-14-16-6-12-20(13-7-16)29(26,27)25-19-10-8-17(9-11-19)21-15-28-22(24-21)18-4-2-1-3-5-18/h1-13,15,25H. The molecule has 7 heteroatoms. The van der Waals surface area contributed by atoms with E-state index in [1.54, 1.807) is 23.5 Å². The zero-order chi connectivity index (χ0) is 20.3. The molecule has 1 aromatic heterocycles. The van der Waals surface area contributed by atoms with Gasteiger partial charge in [-0.3, -0.25) is 4.72 Å². The first-order valence-electron chi connectivity index (χ1n) is 8.69. The van der Waals surface area contributed by atoms with Crippen LogP contribution < -0.4 is 4.72 Å². The van der Waals surface area contributed by atoms with Crippen molar-refractivity contribution < 1.29 is 8.42 Å². The van der Waals surface area contributed by atoms with Crippen LogP contribution in [0.25, 0.3) is 21.8 Å². The Hall–Kier alpha value is -3.47. The number of benzene rings is 3. The maximum absolute atomic E-state index is 12.5. The summed E-state index contributed by atoms with van der Waals surface area (Å²) in [5.74, 6) is 0. The minimum absolute atomic E-state index is 0.104. The van der Waals surface area contributed by atoms with Gasteiger partial charge in [0.25, 0.3) is 10.0 Å². The van der Waals surface area contributed by atoms with Crippen LogP contribution in [0.3, 0.4) is 0 Å². The Labute approximate surface area is 173 Å². The van der Waals surface area contributed by atoms with Gasteiger partial charge in [-0.1, -0.05) is 42.5 Å². The van der Waals surface area contributed by atoms with Gasteiger partial charge in [-0.15, -0.1) is 11.3 Å². The van der Waals surface area contributed by atoms with E-state index in [1.165, 1.54) is 24.3 Å². The Morgan fingerprint density at radius 2 is 1.55 bits per heavy atom. The minimum Gasteiger partial charge on any atom is -0.280 e. The lowest BCUT2D eigenvalue weighted by atomic mass is 10.1. The Kier molecular flexibility index (Phi) is 5.12. The van der Waals surface area contributed by atoms with E-state index in [1.807, 2.05) is 53.9 Å². The molecular formula is C22H15N3O2S2. The van der Waals surface area contributed by atoms with Crippen LogP contribution in [0.15, 0.2) is 89.1 Å². The predicted molar refractivity (Wildman–Crippen MR) is 115 cm³/mol. The van der Waals surface area contributed by atoms with Gasteiger partial charge in [-0.25, -0.2) is 13.4 Å².